The Morgan fingerprint density at radius 3 is 2.41 bits per heavy atom. The van der Waals surface area contributed by atoms with Crippen LogP contribution in [0.1, 0.15) is 11.1 Å². The van der Waals surface area contributed by atoms with Gasteiger partial charge < -0.3 is 0 Å². The van der Waals surface area contributed by atoms with Crippen LogP contribution in [0.15, 0.2) is 87.9 Å². The number of hydrogen-bond donors (Lipinski definition) is 1. The van der Waals surface area contributed by atoms with Gasteiger partial charge in [-0.05, 0) is 55.1 Å². The SMILES string of the molecule is CSc1ccc(/C=N/NC(=O)CSc2nnc(-c3ccc(C)cc3)n2-c2ccc(Cl)cc2)cc1. The Hall–Kier alpha value is -3.07. The minimum atomic E-state index is -0.232. The van der Waals surface area contributed by atoms with E-state index in [0.717, 1.165) is 22.4 Å². The van der Waals surface area contributed by atoms with Crippen LogP contribution in [-0.2, 0) is 4.79 Å². The molecule has 0 saturated heterocycles. The van der Waals surface area contributed by atoms with Gasteiger partial charge in [0.1, 0.15) is 0 Å². The smallest absolute Gasteiger partial charge is 0.250 e. The first-order chi connectivity index (χ1) is 16.5. The summed E-state index contributed by atoms with van der Waals surface area (Å²) in [5, 5.41) is 14.1. The van der Waals surface area contributed by atoms with Gasteiger partial charge in [0, 0.05) is 21.2 Å². The molecule has 0 spiro atoms. The van der Waals surface area contributed by atoms with Crippen LogP contribution in [-0.4, -0.2) is 38.9 Å². The topological polar surface area (TPSA) is 72.2 Å². The van der Waals surface area contributed by atoms with Crippen LogP contribution in [0.4, 0.5) is 0 Å². The minimum Gasteiger partial charge on any atom is -0.272 e. The zero-order valence-corrected chi connectivity index (χ0v) is 21.0. The number of thioether (sulfide) groups is 2. The molecule has 0 aliphatic carbocycles. The molecule has 0 unspecified atom stereocenters. The van der Waals surface area contributed by atoms with Gasteiger partial charge in [0.25, 0.3) is 5.91 Å². The zero-order valence-electron chi connectivity index (χ0n) is 18.6. The highest BCUT2D eigenvalue weighted by Gasteiger charge is 2.17. The lowest BCUT2D eigenvalue weighted by Crippen LogP contribution is -2.20. The molecular formula is C25H22ClN5OS2. The molecule has 0 fully saturated rings. The molecule has 0 aliphatic heterocycles. The van der Waals surface area contributed by atoms with Crippen molar-refractivity contribution in [2.45, 2.75) is 17.0 Å². The van der Waals surface area contributed by atoms with Crippen LogP contribution in [0.3, 0.4) is 0 Å². The predicted octanol–water partition coefficient (Wildman–Crippen LogP) is 5.86. The molecule has 0 atom stereocenters. The number of nitrogens with zero attached hydrogens (tertiary/aromatic N) is 4. The van der Waals surface area contributed by atoms with E-state index in [9.17, 15) is 4.79 Å². The minimum absolute atomic E-state index is 0.141. The van der Waals surface area contributed by atoms with E-state index < -0.39 is 0 Å². The van der Waals surface area contributed by atoms with Crippen LogP contribution in [0, 0.1) is 6.92 Å². The maximum Gasteiger partial charge on any atom is 0.250 e. The van der Waals surface area contributed by atoms with Gasteiger partial charge in [-0.3, -0.25) is 9.36 Å². The fourth-order valence-electron chi connectivity index (χ4n) is 3.11. The number of hydrazone groups is 1. The Balaban J connectivity index is 1.48. The Labute approximate surface area is 211 Å². The summed E-state index contributed by atoms with van der Waals surface area (Å²) in [6.45, 7) is 2.04. The molecule has 1 amide bonds. The number of carbonyl (C=O) groups is 1. The number of benzene rings is 3. The summed E-state index contributed by atoms with van der Waals surface area (Å²) >= 11 is 9.05. The fraction of sp³-hybridized carbons (Fsp3) is 0.120. The van der Waals surface area contributed by atoms with Crippen molar-refractivity contribution in [2.24, 2.45) is 5.10 Å². The van der Waals surface area contributed by atoms with Crippen molar-refractivity contribution in [3.8, 4) is 17.1 Å². The maximum atomic E-state index is 12.4. The van der Waals surface area contributed by atoms with Gasteiger partial charge in [-0.2, -0.15) is 5.10 Å². The molecule has 4 aromatic rings. The third-order valence-corrected chi connectivity index (χ3v) is 6.80. The standard InChI is InChI=1S/C25H22ClN5OS2/c1-17-3-7-19(8-4-17)24-29-30-25(31(24)21-11-9-20(26)10-12-21)34-16-23(32)28-27-15-18-5-13-22(33-2)14-6-18/h3-15H,16H2,1-2H3,(H,28,32)/b27-15+. The molecule has 0 aliphatic rings. The average Bonchev–Trinajstić information content (AvgIpc) is 3.28. The maximum absolute atomic E-state index is 12.4. The summed E-state index contributed by atoms with van der Waals surface area (Å²) < 4.78 is 1.93. The highest BCUT2D eigenvalue weighted by atomic mass is 35.5. The molecule has 4 rings (SSSR count). The van der Waals surface area contributed by atoms with E-state index in [0.29, 0.717) is 16.0 Å². The van der Waals surface area contributed by atoms with Crippen LogP contribution in [0.5, 0.6) is 0 Å². The molecule has 0 saturated carbocycles. The Morgan fingerprint density at radius 2 is 1.74 bits per heavy atom. The summed E-state index contributed by atoms with van der Waals surface area (Å²) in [6, 6.07) is 23.5. The van der Waals surface area contributed by atoms with Crippen LogP contribution in [0.25, 0.3) is 17.1 Å². The Bertz CT molecular complexity index is 1290. The van der Waals surface area contributed by atoms with Gasteiger partial charge in [0.15, 0.2) is 11.0 Å². The first-order valence-electron chi connectivity index (χ1n) is 10.4. The number of nitrogens with one attached hydrogen (secondary N) is 1. The lowest BCUT2D eigenvalue weighted by Gasteiger charge is -2.10. The van der Waals surface area contributed by atoms with E-state index in [-0.39, 0.29) is 11.7 Å². The van der Waals surface area contributed by atoms with Gasteiger partial charge in [-0.15, -0.1) is 22.0 Å². The largest absolute Gasteiger partial charge is 0.272 e. The van der Waals surface area contributed by atoms with Crippen molar-refractivity contribution >= 4 is 47.2 Å². The van der Waals surface area contributed by atoms with Gasteiger partial charge in [-0.1, -0.05) is 65.3 Å². The summed E-state index contributed by atoms with van der Waals surface area (Å²) in [6.07, 6.45) is 3.65. The number of aryl methyl sites for hydroxylation is 1. The normalized spacial score (nSPS) is 11.1. The van der Waals surface area contributed by atoms with Crippen molar-refractivity contribution in [2.75, 3.05) is 12.0 Å². The Morgan fingerprint density at radius 1 is 1.03 bits per heavy atom. The average molecular weight is 508 g/mol. The van der Waals surface area contributed by atoms with Crippen molar-refractivity contribution in [1.29, 1.82) is 0 Å². The third-order valence-electron chi connectivity index (χ3n) is 4.88. The van der Waals surface area contributed by atoms with E-state index in [4.69, 9.17) is 11.6 Å². The molecule has 6 nitrogen and oxygen atoms in total. The van der Waals surface area contributed by atoms with E-state index in [1.807, 2.05) is 90.5 Å². The van der Waals surface area contributed by atoms with Crippen LogP contribution >= 0.6 is 35.1 Å². The molecule has 34 heavy (non-hydrogen) atoms. The molecular weight excluding hydrogens is 486 g/mol. The predicted molar refractivity (Wildman–Crippen MR) is 141 cm³/mol. The molecule has 9 heteroatoms. The molecule has 0 bridgehead atoms. The number of hydrogen-bond acceptors (Lipinski definition) is 6. The molecule has 1 aromatic heterocycles. The summed E-state index contributed by atoms with van der Waals surface area (Å²) in [5.41, 5.74) is 6.44. The number of amides is 1. The first-order valence-corrected chi connectivity index (χ1v) is 13.0. The second-order valence-corrected chi connectivity index (χ2v) is 9.60. The first kappa shape index (κ1) is 24.1. The number of halogens is 1. The summed E-state index contributed by atoms with van der Waals surface area (Å²) in [5.74, 6) is 0.601. The van der Waals surface area contributed by atoms with Gasteiger partial charge in [-0.25, -0.2) is 5.43 Å². The van der Waals surface area contributed by atoms with Gasteiger partial charge >= 0.3 is 0 Å². The van der Waals surface area contributed by atoms with Gasteiger partial charge in [0.05, 0.1) is 12.0 Å². The van der Waals surface area contributed by atoms with Crippen LogP contribution in [0.2, 0.25) is 5.02 Å². The van der Waals surface area contributed by atoms with Crippen molar-refractivity contribution < 1.29 is 4.79 Å². The zero-order chi connectivity index (χ0) is 23.9. The monoisotopic (exact) mass is 507 g/mol. The molecule has 3 aromatic carbocycles. The second-order valence-electron chi connectivity index (χ2n) is 7.34. The molecule has 0 radical (unpaired) electrons. The Kier molecular flexibility index (Phi) is 8.05. The van der Waals surface area contributed by atoms with Gasteiger partial charge in [0.2, 0.25) is 0 Å². The van der Waals surface area contributed by atoms with Crippen molar-refractivity contribution in [1.82, 2.24) is 20.2 Å². The van der Waals surface area contributed by atoms with E-state index in [1.54, 1.807) is 18.0 Å². The lowest BCUT2D eigenvalue weighted by molar-refractivity contribution is -0.118. The van der Waals surface area contributed by atoms with Crippen molar-refractivity contribution in [3.63, 3.8) is 0 Å². The van der Waals surface area contributed by atoms with E-state index in [2.05, 4.69) is 20.7 Å². The molecule has 1 N–H and O–H groups in total. The van der Waals surface area contributed by atoms with Crippen LogP contribution < -0.4 is 5.43 Å². The highest BCUT2D eigenvalue weighted by Crippen LogP contribution is 2.28. The van der Waals surface area contributed by atoms with Crippen molar-refractivity contribution in [3.05, 3.63) is 88.9 Å². The summed E-state index contributed by atoms with van der Waals surface area (Å²) in [4.78, 5) is 13.6. The quantitative estimate of drug-likeness (QED) is 0.184. The fourth-order valence-corrected chi connectivity index (χ4v) is 4.39. The number of carbonyl (C=O) groups excluding carboxylic acids is 1. The third kappa shape index (κ3) is 6.08. The second kappa shape index (κ2) is 11.4. The molecule has 172 valence electrons. The number of rotatable bonds is 8. The van der Waals surface area contributed by atoms with E-state index >= 15 is 0 Å². The lowest BCUT2D eigenvalue weighted by atomic mass is 10.1. The van der Waals surface area contributed by atoms with E-state index in [1.165, 1.54) is 16.7 Å². The highest BCUT2D eigenvalue weighted by molar-refractivity contribution is 7.99. The summed E-state index contributed by atoms with van der Waals surface area (Å²) in [7, 11) is 0. The molecule has 1 heterocycles. The number of aromatic nitrogens is 3.